The lowest BCUT2D eigenvalue weighted by molar-refractivity contribution is 0.0701. The quantitative estimate of drug-likeness (QED) is 0.479. The largest absolute Gasteiger partial charge is 0.385 e. The van der Waals surface area contributed by atoms with Gasteiger partial charge in [0.25, 0.3) is 0 Å². The van der Waals surface area contributed by atoms with E-state index < -0.39 is 0 Å². The van der Waals surface area contributed by atoms with Crippen molar-refractivity contribution in [1.29, 1.82) is 0 Å². The maximum Gasteiger partial charge on any atom is 0.191 e. The number of hydrogen-bond acceptors (Lipinski definition) is 3. The molecule has 2 rings (SSSR count). The van der Waals surface area contributed by atoms with Crippen molar-refractivity contribution in [3.63, 3.8) is 0 Å². The van der Waals surface area contributed by atoms with Crippen LogP contribution < -0.4 is 10.6 Å². The molecule has 5 nitrogen and oxygen atoms in total. The highest BCUT2D eigenvalue weighted by Gasteiger charge is 2.38. The summed E-state index contributed by atoms with van der Waals surface area (Å²) in [6, 6.07) is 0. The van der Waals surface area contributed by atoms with Gasteiger partial charge in [0.05, 0.1) is 0 Å². The van der Waals surface area contributed by atoms with E-state index in [1.54, 1.807) is 14.2 Å². The lowest BCUT2D eigenvalue weighted by Gasteiger charge is -2.44. The number of methoxy groups -OCH3 is 2. The zero-order chi connectivity index (χ0) is 16.6. The Kier molecular flexibility index (Phi) is 7.15. The van der Waals surface area contributed by atoms with Crippen molar-refractivity contribution < 1.29 is 9.47 Å². The zero-order valence-electron chi connectivity index (χ0n) is 15.2. The molecule has 0 aromatic carbocycles. The van der Waals surface area contributed by atoms with Gasteiger partial charge in [-0.3, -0.25) is 4.99 Å². The van der Waals surface area contributed by atoms with E-state index in [0.717, 1.165) is 45.1 Å². The fourth-order valence-electron chi connectivity index (χ4n) is 3.78. The average Bonchev–Trinajstić information content (AvgIpc) is 2.49. The first kappa shape index (κ1) is 18.5. The number of guanidine groups is 1. The van der Waals surface area contributed by atoms with Gasteiger partial charge in [0, 0.05) is 47.6 Å². The van der Waals surface area contributed by atoms with Crippen LogP contribution in [0.15, 0.2) is 4.99 Å². The van der Waals surface area contributed by atoms with Crippen LogP contribution in [0.5, 0.6) is 0 Å². The molecule has 134 valence electrons. The van der Waals surface area contributed by atoms with Crippen LogP contribution in [-0.2, 0) is 9.47 Å². The summed E-state index contributed by atoms with van der Waals surface area (Å²) in [5.41, 5.74) is 0.829. The molecule has 2 N–H and O–H groups in total. The number of nitrogens with zero attached hydrogens (tertiary/aromatic N) is 1. The van der Waals surface area contributed by atoms with Crippen molar-refractivity contribution in [1.82, 2.24) is 10.6 Å². The Morgan fingerprint density at radius 3 is 1.57 bits per heavy atom. The van der Waals surface area contributed by atoms with Crippen LogP contribution in [0.3, 0.4) is 0 Å². The lowest BCUT2D eigenvalue weighted by atomic mass is 9.66. The third-order valence-electron chi connectivity index (χ3n) is 5.99. The van der Waals surface area contributed by atoms with E-state index in [1.165, 1.54) is 38.5 Å². The predicted octanol–water partition coefficient (Wildman–Crippen LogP) is 2.56. The molecule has 2 saturated carbocycles. The van der Waals surface area contributed by atoms with E-state index in [1.807, 2.05) is 7.05 Å². The highest BCUT2D eigenvalue weighted by Crippen LogP contribution is 2.44. The van der Waals surface area contributed by atoms with Gasteiger partial charge in [-0.2, -0.15) is 0 Å². The Labute approximate surface area is 141 Å². The van der Waals surface area contributed by atoms with Crippen molar-refractivity contribution in [2.24, 2.45) is 15.8 Å². The number of aliphatic imine (C=N–C) groups is 1. The van der Waals surface area contributed by atoms with E-state index >= 15 is 0 Å². The number of rotatable bonds is 10. The first-order chi connectivity index (χ1) is 11.2. The lowest BCUT2D eigenvalue weighted by Crippen LogP contribution is -2.50. The van der Waals surface area contributed by atoms with Crippen LogP contribution in [0.4, 0.5) is 0 Å². The van der Waals surface area contributed by atoms with Crippen LogP contribution in [0.2, 0.25) is 0 Å². The summed E-state index contributed by atoms with van der Waals surface area (Å²) in [7, 11) is 5.44. The summed E-state index contributed by atoms with van der Waals surface area (Å²) in [5, 5.41) is 7.10. The molecule has 5 heteroatoms. The Hall–Kier alpha value is -0.810. The van der Waals surface area contributed by atoms with E-state index in [0.29, 0.717) is 10.8 Å². The topological polar surface area (TPSA) is 54.9 Å². The summed E-state index contributed by atoms with van der Waals surface area (Å²) in [5.74, 6) is 0.942. The first-order valence-corrected chi connectivity index (χ1v) is 9.10. The summed E-state index contributed by atoms with van der Waals surface area (Å²) in [6.45, 7) is 3.71. The fourth-order valence-corrected chi connectivity index (χ4v) is 3.78. The predicted molar refractivity (Wildman–Crippen MR) is 94.9 cm³/mol. The van der Waals surface area contributed by atoms with Gasteiger partial charge in [0.15, 0.2) is 5.96 Å². The molecule has 0 radical (unpaired) electrons. The molecular formula is C18H35N3O2. The molecule has 2 aliphatic rings. The Morgan fingerprint density at radius 1 is 0.870 bits per heavy atom. The number of ether oxygens (including phenoxy) is 2. The van der Waals surface area contributed by atoms with Crippen molar-refractivity contribution in [2.45, 2.75) is 51.4 Å². The number of nitrogens with one attached hydrogen (secondary N) is 2. The van der Waals surface area contributed by atoms with Crippen molar-refractivity contribution in [3.8, 4) is 0 Å². The van der Waals surface area contributed by atoms with E-state index in [2.05, 4.69) is 15.6 Å². The number of hydrogen-bond donors (Lipinski definition) is 2. The molecule has 0 spiro atoms. The summed E-state index contributed by atoms with van der Waals surface area (Å²) in [6.07, 6.45) is 10.2. The second-order valence-corrected chi connectivity index (χ2v) is 7.47. The van der Waals surface area contributed by atoms with Gasteiger partial charge in [-0.25, -0.2) is 0 Å². The SMILES string of the molecule is CN=C(NCC1(CCOC)CCC1)NCC1(CCOC)CCC1. The minimum Gasteiger partial charge on any atom is -0.385 e. The molecule has 0 heterocycles. The Bertz CT molecular complexity index is 344. The van der Waals surface area contributed by atoms with Crippen LogP contribution in [0, 0.1) is 10.8 Å². The van der Waals surface area contributed by atoms with Gasteiger partial charge >= 0.3 is 0 Å². The average molecular weight is 325 g/mol. The molecule has 0 atom stereocenters. The van der Waals surface area contributed by atoms with Gasteiger partial charge in [0.2, 0.25) is 0 Å². The van der Waals surface area contributed by atoms with Crippen LogP contribution in [-0.4, -0.2) is 53.5 Å². The first-order valence-electron chi connectivity index (χ1n) is 9.10. The van der Waals surface area contributed by atoms with E-state index in [9.17, 15) is 0 Å². The van der Waals surface area contributed by atoms with Crippen LogP contribution in [0.25, 0.3) is 0 Å². The molecule has 0 bridgehead atoms. The molecular weight excluding hydrogens is 290 g/mol. The minimum absolute atomic E-state index is 0.415. The molecule has 23 heavy (non-hydrogen) atoms. The molecule has 2 aliphatic carbocycles. The minimum atomic E-state index is 0.415. The highest BCUT2D eigenvalue weighted by atomic mass is 16.5. The molecule has 2 fully saturated rings. The third-order valence-corrected chi connectivity index (χ3v) is 5.99. The van der Waals surface area contributed by atoms with Crippen molar-refractivity contribution >= 4 is 5.96 Å². The Balaban J connectivity index is 1.74. The second kappa shape index (κ2) is 8.88. The highest BCUT2D eigenvalue weighted by molar-refractivity contribution is 5.79. The van der Waals surface area contributed by atoms with Crippen molar-refractivity contribution in [2.75, 3.05) is 47.6 Å². The maximum absolute atomic E-state index is 5.27. The maximum atomic E-state index is 5.27. The smallest absolute Gasteiger partial charge is 0.191 e. The summed E-state index contributed by atoms with van der Waals surface area (Å²) < 4.78 is 10.5. The van der Waals surface area contributed by atoms with Crippen molar-refractivity contribution in [3.05, 3.63) is 0 Å². The van der Waals surface area contributed by atoms with Gasteiger partial charge in [0.1, 0.15) is 0 Å². The summed E-state index contributed by atoms with van der Waals surface area (Å²) in [4.78, 5) is 4.40. The van der Waals surface area contributed by atoms with Crippen LogP contribution >= 0.6 is 0 Å². The van der Waals surface area contributed by atoms with Gasteiger partial charge < -0.3 is 20.1 Å². The molecule has 0 amide bonds. The third kappa shape index (κ3) is 5.08. The molecule has 0 aromatic rings. The zero-order valence-corrected chi connectivity index (χ0v) is 15.2. The van der Waals surface area contributed by atoms with Gasteiger partial charge in [-0.05, 0) is 49.4 Å². The van der Waals surface area contributed by atoms with E-state index in [-0.39, 0.29) is 0 Å². The standard InChI is InChI=1S/C18H35N3O2/c1-19-16(20-14-17(6-4-7-17)10-12-22-2)21-15-18(8-5-9-18)11-13-23-3/h4-15H2,1-3H3,(H2,19,20,21). The molecule has 0 aromatic heterocycles. The molecule has 0 aliphatic heterocycles. The normalized spacial score (nSPS) is 21.0. The Morgan fingerprint density at radius 2 is 1.30 bits per heavy atom. The van der Waals surface area contributed by atoms with E-state index in [4.69, 9.17) is 9.47 Å². The molecule has 0 saturated heterocycles. The second-order valence-electron chi connectivity index (χ2n) is 7.47. The monoisotopic (exact) mass is 325 g/mol. The van der Waals surface area contributed by atoms with Crippen LogP contribution in [0.1, 0.15) is 51.4 Å². The summed E-state index contributed by atoms with van der Waals surface area (Å²) >= 11 is 0. The molecule has 0 unspecified atom stereocenters. The van der Waals surface area contributed by atoms with Gasteiger partial charge in [-0.1, -0.05) is 12.8 Å². The fraction of sp³-hybridized carbons (Fsp3) is 0.944. The van der Waals surface area contributed by atoms with Gasteiger partial charge in [-0.15, -0.1) is 0 Å².